The lowest BCUT2D eigenvalue weighted by molar-refractivity contribution is 0.0954. The molecule has 3 rings (SSSR count). The minimum Gasteiger partial charge on any atom is -0.493 e. The van der Waals surface area contributed by atoms with Gasteiger partial charge in [-0.1, -0.05) is 24.3 Å². The number of benzene rings is 2. The Bertz CT molecular complexity index is 784. The molecule has 1 N–H and O–H groups in total. The molecule has 1 aliphatic carbocycles. The Morgan fingerprint density at radius 3 is 2.62 bits per heavy atom. The van der Waals surface area contributed by atoms with Crippen LogP contribution in [0.5, 0.6) is 11.5 Å². The van der Waals surface area contributed by atoms with Gasteiger partial charge in [0.25, 0.3) is 5.91 Å². The Balaban J connectivity index is 1.79. The van der Waals surface area contributed by atoms with E-state index in [2.05, 4.69) is 22.7 Å². The van der Waals surface area contributed by atoms with E-state index < -0.39 is 0 Å². The van der Waals surface area contributed by atoms with Gasteiger partial charge in [0.15, 0.2) is 11.5 Å². The van der Waals surface area contributed by atoms with Crippen molar-refractivity contribution >= 4 is 11.6 Å². The van der Waals surface area contributed by atoms with E-state index >= 15 is 0 Å². The topological polar surface area (TPSA) is 59.9 Å². The molecule has 1 aliphatic rings. The van der Waals surface area contributed by atoms with Crippen molar-refractivity contribution in [1.82, 2.24) is 5.43 Å². The summed E-state index contributed by atoms with van der Waals surface area (Å²) >= 11 is 0. The lowest BCUT2D eigenvalue weighted by Crippen LogP contribution is -2.22. The Hall–Kier alpha value is -2.82. The first kappa shape index (κ1) is 16.1. The van der Waals surface area contributed by atoms with E-state index in [1.165, 1.54) is 5.56 Å². The summed E-state index contributed by atoms with van der Waals surface area (Å²) < 4.78 is 10.4. The van der Waals surface area contributed by atoms with Crippen LogP contribution in [0.2, 0.25) is 0 Å². The molecule has 0 atom stereocenters. The van der Waals surface area contributed by atoms with Crippen molar-refractivity contribution in [2.45, 2.75) is 19.3 Å². The highest BCUT2D eigenvalue weighted by Crippen LogP contribution is 2.27. The molecule has 0 spiro atoms. The van der Waals surface area contributed by atoms with Gasteiger partial charge in [-0.15, -0.1) is 0 Å². The first-order valence-corrected chi connectivity index (χ1v) is 7.90. The molecule has 2 aromatic rings. The number of rotatable bonds is 4. The number of ether oxygens (including phenoxy) is 2. The van der Waals surface area contributed by atoms with Gasteiger partial charge in [0.1, 0.15) is 0 Å². The van der Waals surface area contributed by atoms with Crippen LogP contribution in [-0.2, 0) is 6.42 Å². The second-order valence-electron chi connectivity index (χ2n) is 5.58. The lowest BCUT2D eigenvalue weighted by Gasteiger charge is -2.17. The average molecular weight is 324 g/mol. The number of nitrogens with zero attached hydrogens (tertiary/aromatic N) is 1. The van der Waals surface area contributed by atoms with Gasteiger partial charge in [-0.05, 0) is 43.0 Å². The molecule has 0 bridgehead atoms. The number of fused-ring (bicyclic) bond motifs is 1. The normalized spacial score (nSPS) is 14.8. The highest BCUT2D eigenvalue weighted by Gasteiger charge is 2.16. The molecule has 2 aromatic carbocycles. The van der Waals surface area contributed by atoms with E-state index in [9.17, 15) is 4.79 Å². The van der Waals surface area contributed by atoms with E-state index in [4.69, 9.17) is 9.47 Å². The largest absolute Gasteiger partial charge is 0.493 e. The fraction of sp³-hybridized carbons (Fsp3) is 0.263. The van der Waals surface area contributed by atoms with E-state index in [0.717, 1.165) is 30.5 Å². The molecule has 24 heavy (non-hydrogen) atoms. The van der Waals surface area contributed by atoms with Gasteiger partial charge in [-0.3, -0.25) is 4.79 Å². The Morgan fingerprint density at radius 2 is 1.83 bits per heavy atom. The fourth-order valence-corrected chi connectivity index (χ4v) is 2.88. The quantitative estimate of drug-likeness (QED) is 0.879. The lowest BCUT2D eigenvalue weighted by atomic mass is 9.90. The number of hydrazone groups is 1. The molecular weight excluding hydrogens is 304 g/mol. The zero-order valence-corrected chi connectivity index (χ0v) is 13.8. The summed E-state index contributed by atoms with van der Waals surface area (Å²) in [6, 6.07) is 13.2. The summed E-state index contributed by atoms with van der Waals surface area (Å²) in [6.45, 7) is 0. The molecule has 0 unspecified atom stereocenters. The van der Waals surface area contributed by atoms with Crippen LogP contribution in [0.1, 0.15) is 34.3 Å². The van der Waals surface area contributed by atoms with Gasteiger partial charge in [0.05, 0.1) is 19.9 Å². The highest BCUT2D eigenvalue weighted by atomic mass is 16.5. The van der Waals surface area contributed by atoms with Gasteiger partial charge >= 0.3 is 0 Å². The van der Waals surface area contributed by atoms with Crippen molar-refractivity contribution in [3.05, 3.63) is 59.2 Å². The molecule has 0 aromatic heterocycles. The molecule has 1 amide bonds. The Labute approximate surface area is 141 Å². The number of hydrogen-bond donors (Lipinski definition) is 1. The van der Waals surface area contributed by atoms with E-state index in [0.29, 0.717) is 17.1 Å². The molecule has 0 aliphatic heterocycles. The van der Waals surface area contributed by atoms with Crippen molar-refractivity contribution in [2.75, 3.05) is 14.2 Å². The number of carbonyl (C=O) groups is 1. The second kappa shape index (κ2) is 7.17. The first-order chi connectivity index (χ1) is 11.7. The van der Waals surface area contributed by atoms with Crippen LogP contribution in [-0.4, -0.2) is 25.8 Å². The van der Waals surface area contributed by atoms with Crippen LogP contribution in [0.4, 0.5) is 0 Å². The number of carbonyl (C=O) groups excluding carboxylic acids is 1. The summed E-state index contributed by atoms with van der Waals surface area (Å²) in [6.07, 6.45) is 2.96. The SMILES string of the molecule is COc1ccc(C(=O)NN=C2CCCc3ccccc32)cc1OC. The number of hydrogen-bond acceptors (Lipinski definition) is 4. The maximum atomic E-state index is 12.4. The van der Waals surface area contributed by atoms with Crippen LogP contribution < -0.4 is 14.9 Å². The standard InChI is InChI=1S/C19H20N2O3/c1-23-17-11-10-14(12-18(17)24-2)19(22)21-20-16-9-5-7-13-6-3-4-8-15(13)16/h3-4,6,8,10-12H,5,7,9H2,1-2H3,(H,21,22). The Kier molecular flexibility index (Phi) is 4.79. The molecule has 0 fully saturated rings. The van der Waals surface area contributed by atoms with Crippen molar-refractivity contribution in [3.63, 3.8) is 0 Å². The Morgan fingerprint density at radius 1 is 1.04 bits per heavy atom. The van der Waals surface area contributed by atoms with Crippen molar-refractivity contribution in [3.8, 4) is 11.5 Å². The van der Waals surface area contributed by atoms with Gasteiger partial charge in [0.2, 0.25) is 0 Å². The molecule has 5 heteroatoms. The second-order valence-corrected chi connectivity index (χ2v) is 5.58. The highest BCUT2D eigenvalue weighted by molar-refractivity contribution is 6.04. The van der Waals surface area contributed by atoms with Crippen LogP contribution in [0.25, 0.3) is 0 Å². The van der Waals surface area contributed by atoms with Crippen molar-refractivity contribution in [2.24, 2.45) is 5.10 Å². The molecule has 5 nitrogen and oxygen atoms in total. The van der Waals surface area contributed by atoms with Crippen LogP contribution in [0, 0.1) is 0 Å². The van der Waals surface area contributed by atoms with E-state index in [1.54, 1.807) is 32.4 Å². The molecule has 0 radical (unpaired) electrons. The smallest absolute Gasteiger partial charge is 0.271 e. The number of amides is 1. The van der Waals surface area contributed by atoms with E-state index in [1.807, 2.05) is 12.1 Å². The van der Waals surface area contributed by atoms with Crippen LogP contribution >= 0.6 is 0 Å². The maximum absolute atomic E-state index is 12.4. The molecule has 124 valence electrons. The van der Waals surface area contributed by atoms with E-state index in [-0.39, 0.29) is 5.91 Å². The third-order valence-corrected chi connectivity index (χ3v) is 4.13. The fourth-order valence-electron chi connectivity index (χ4n) is 2.88. The summed E-state index contributed by atoms with van der Waals surface area (Å²) in [7, 11) is 3.10. The van der Waals surface area contributed by atoms with Crippen LogP contribution in [0.3, 0.4) is 0 Å². The minimum atomic E-state index is -0.272. The number of aryl methyl sites for hydroxylation is 1. The monoisotopic (exact) mass is 324 g/mol. The summed E-state index contributed by atoms with van der Waals surface area (Å²) in [5.41, 5.74) is 6.45. The summed E-state index contributed by atoms with van der Waals surface area (Å²) in [5, 5.41) is 4.34. The predicted molar refractivity (Wildman–Crippen MR) is 92.9 cm³/mol. The zero-order chi connectivity index (χ0) is 16.9. The van der Waals surface area contributed by atoms with Gasteiger partial charge in [-0.2, -0.15) is 5.10 Å². The van der Waals surface area contributed by atoms with Crippen molar-refractivity contribution < 1.29 is 14.3 Å². The number of methoxy groups -OCH3 is 2. The van der Waals surface area contributed by atoms with Crippen molar-refractivity contribution in [1.29, 1.82) is 0 Å². The minimum absolute atomic E-state index is 0.272. The molecule has 0 saturated carbocycles. The number of nitrogens with one attached hydrogen (secondary N) is 1. The zero-order valence-electron chi connectivity index (χ0n) is 13.8. The maximum Gasteiger partial charge on any atom is 0.271 e. The summed E-state index contributed by atoms with van der Waals surface area (Å²) in [5.74, 6) is 0.828. The van der Waals surface area contributed by atoms with Gasteiger partial charge in [-0.25, -0.2) is 5.43 Å². The van der Waals surface area contributed by atoms with Gasteiger partial charge in [0, 0.05) is 11.1 Å². The third kappa shape index (κ3) is 3.25. The molecule has 0 heterocycles. The predicted octanol–water partition coefficient (Wildman–Crippen LogP) is 3.17. The van der Waals surface area contributed by atoms with Gasteiger partial charge < -0.3 is 9.47 Å². The first-order valence-electron chi connectivity index (χ1n) is 7.90. The molecule has 0 saturated heterocycles. The summed E-state index contributed by atoms with van der Waals surface area (Å²) in [4.78, 5) is 12.4. The van der Waals surface area contributed by atoms with Crippen LogP contribution in [0.15, 0.2) is 47.6 Å². The molecular formula is C19H20N2O3. The third-order valence-electron chi connectivity index (χ3n) is 4.13. The average Bonchev–Trinajstić information content (AvgIpc) is 2.65.